The van der Waals surface area contributed by atoms with E-state index in [-0.39, 0.29) is 0 Å². The molecular formula is C41H28N2S. The van der Waals surface area contributed by atoms with Gasteiger partial charge in [-0.05, 0) is 53.4 Å². The van der Waals surface area contributed by atoms with Crippen LogP contribution in [-0.2, 0) is 0 Å². The average molecular weight is 581 g/mol. The average Bonchev–Trinajstić information content (AvgIpc) is 3.64. The lowest BCUT2D eigenvalue weighted by atomic mass is 9.97. The summed E-state index contributed by atoms with van der Waals surface area (Å²) in [6.45, 7) is 0. The summed E-state index contributed by atoms with van der Waals surface area (Å²) in [5, 5.41) is 7.73. The van der Waals surface area contributed by atoms with Crippen molar-refractivity contribution in [1.82, 2.24) is 4.57 Å². The number of thiophene rings is 1. The van der Waals surface area contributed by atoms with Crippen LogP contribution in [0.25, 0.3) is 69.6 Å². The minimum absolute atomic E-state index is 1.16. The molecule has 0 bridgehead atoms. The Labute approximate surface area is 259 Å². The molecule has 3 heteroatoms. The van der Waals surface area contributed by atoms with Gasteiger partial charge in [0.25, 0.3) is 0 Å². The van der Waals surface area contributed by atoms with Crippen molar-refractivity contribution in [3.8, 4) is 16.8 Å². The topological polar surface area (TPSA) is 8.17 Å². The summed E-state index contributed by atoms with van der Waals surface area (Å²) < 4.78 is 5.10. The smallest absolute Gasteiger partial charge is 0.0778 e. The van der Waals surface area contributed by atoms with E-state index in [9.17, 15) is 0 Å². The quantitative estimate of drug-likeness (QED) is 0.201. The van der Waals surface area contributed by atoms with E-state index in [1.165, 1.54) is 75.3 Å². The molecule has 0 aliphatic heterocycles. The molecule has 0 unspecified atom stereocenters. The number of hydrogen-bond donors (Lipinski definition) is 0. The second-order valence-electron chi connectivity index (χ2n) is 11.4. The van der Waals surface area contributed by atoms with E-state index in [0.717, 1.165) is 5.69 Å². The first kappa shape index (κ1) is 25.1. The molecule has 0 saturated carbocycles. The summed E-state index contributed by atoms with van der Waals surface area (Å²) in [7, 11) is 2.22. The fourth-order valence-electron chi connectivity index (χ4n) is 6.92. The molecule has 0 saturated heterocycles. The largest absolute Gasteiger partial charge is 0.342 e. The molecule has 2 nitrogen and oxygen atoms in total. The van der Waals surface area contributed by atoms with Crippen molar-refractivity contribution in [3.05, 3.63) is 152 Å². The van der Waals surface area contributed by atoms with Gasteiger partial charge in [0.1, 0.15) is 0 Å². The minimum Gasteiger partial charge on any atom is -0.342 e. The van der Waals surface area contributed by atoms with Crippen molar-refractivity contribution in [2.24, 2.45) is 0 Å². The molecule has 0 atom stereocenters. The monoisotopic (exact) mass is 580 g/mol. The minimum atomic E-state index is 1.16. The van der Waals surface area contributed by atoms with Gasteiger partial charge in [-0.2, -0.15) is 0 Å². The zero-order valence-electron chi connectivity index (χ0n) is 24.2. The lowest BCUT2D eigenvalue weighted by Gasteiger charge is -2.25. The van der Waals surface area contributed by atoms with Crippen LogP contribution < -0.4 is 4.90 Å². The van der Waals surface area contributed by atoms with Gasteiger partial charge in [-0.1, -0.05) is 109 Å². The van der Waals surface area contributed by atoms with Crippen LogP contribution in [0.1, 0.15) is 0 Å². The fraction of sp³-hybridized carbons (Fsp3) is 0.0244. The number of aromatic nitrogens is 1. The van der Waals surface area contributed by atoms with Crippen LogP contribution >= 0.6 is 11.3 Å². The Kier molecular flexibility index (Phi) is 5.62. The first-order valence-corrected chi connectivity index (χ1v) is 15.8. The van der Waals surface area contributed by atoms with Crippen molar-refractivity contribution in [2.45, 2.75) is 0 Å². The number of rotatable bonds is 4. The Morgan fingerprint density at radius 3 is 2.07 bits per heavy atom. The lowest BCUT2D eigenvalue weighted by molar-refractivity contribution is 1.15. The maximum atomic E-state index is 2.42. The maximum absolute atomic E-state index is 2.42. The van der Waals surface area contributed by atoms with Crippen LogP contribution in [0.2, 0.25) is 0 Å². The van der Waals surface area contributed by atoms with Crippen molar-refractivity contribution < 1.29 is 0 Å². The first-order valence-electron chi connectivity index (χ1n) is 15.0. The molecule has 0 aliphatic carbocycles. The van der Waals surface area contributed by atoms with E-state index in [4.69, 9.17) is 0 Å². The number of para-hydroxylation sites is 3. The van der Waals surface area contributed by atoms with E-state index < -0.39 is 0 Å². The third-order valence-electron chi connectivity index (χ3n) is 8.97. The zero-order valence-corrected chi connectivity index (χ0v) is 25.1. The number of nitrogens with zero attached hydrogens (tertiary/aromatic N) is 2. The number of benzene rings is 7. The summed E-state index contributed by atoms with van der Waals surface area (Å²) in [4.78, 5) is 2.39. The highest BCUT2D eigenvalue weighted by Crippen LogP contribution is 2.45. The summed E-state index contributed by atoms with van der Waals surface area (Å²) in [5.41, 5.74) is 8.37. The van der Waals surface area contributed by atoms with Crippen LogP contribution in [0.15, 0.2) is 152 Å². The Hall–Kier alpha value is -5.38. The van der Waals surface area contributed by atoms with E-state index in [0.29, 0.717) is 0 Å². The first-order chi connectivity index (χ1) is 21.8. The Bertz CT molecular complexity index is 2500. The Balaban J connectivity index is 1.35. The summed E-state index contributed by atoms with van der Waals surface area (Å²) in [6, 6.07) is 55.1. The van der Waals surface area contributed by atoms with Gasteiger partial charge in [0.2, 0.25) is 0 Å². The number of anilines is 2. The SMILES string of the molecule is CN(c1cc2ccc3c4ccccc4sc3c2cc1-c1ccccc1)c1cccc2c3ccccc3n(-c3ccccc3)c12. The molecule has 9 rings (SSSR count). The van der Waals surface area contributed by atoms with Gasteiger partial charge in [0.15, 0.2) is 0 Å². The van der Waals surface area contributed by atoms with Gasteiger partial charge >= 0.3 is 0 Å². The van der Waals surface area contributed by atoms with Crippen LogP contribution in [-0.4, -0.2) is 11.6 Å². The summed E-state index contributed by atoms with van der Waals surface area (Å²) >= 11 is 1.89. The van der Waals surface area contributed by atoms with E-state index in [1.807, 2.05) is 11.3 Å². The van der Waals surface area contributed by atoms with Gasteiger partial charge in [-0.3, -0.25) is 0 Å². The van der Waals surface area contributed by atoms with Crippen LogP contribution in [0.4, 0.5) is 11.4 Å². The van der Waals surface area contributed by atoms with Gasteiger partial charge in [-0.25, -0.2) is 0 Å². The third kappa shape index (κ3) is 3.73. The van der Waals surface area contributed by atoms with Gasteiger partial charge < -0.3 is 9.47 Å². The molecule has 44 heavy (non-hydrogen) atoms. The predicted molar refractivity (Wildman–Crippen MR) is 191 cm³/mol. The highest BCUT2D eigenvalue weighted by atomic mass is 32.1. The molecule has 9 aromatic rings. The maximum Gasteiger partial charge on any atom is 0.0778 e. The van der Waals surface area contributed by atoms with Crippen LogP contribution in [0.5, 0.6) is 0 Å². The molecule has 0 N–H and O–H groups in total. The lowest BCUT2D eigenvalue weighted by Crippen LogP contribution is -2.12. The van der Waals surface area contributed by atoms with Gasteiger partial charge in [0, 0.05) is 60.3 Å². The Morgan fingerprint density at radius 2 is 1.23 bits per heavy atom. The molecule has 2 heterocycles. The van der Waals surface area contributed by atoms with Crippen LogP contribution in [0, 0.1) is 0 Å². The number of fused-ring (bicyclic) bond motifs is 8. The molecule has 0 radical (unpaired) electrons. The molecule has 0 fully saturated rings. The molecular weight excluding hydrogens is 553 g/mol. The van der Waals surface area contributed by atoms with Crippen molar-refractivity contribution in [3.63, 3.8) is 0 Å². The standard InChI is InChI=1S/C41H28N2S/c1-42(37-21-12-19-32-30-17-8-10-20-36(30)43(40(32)37)29-15-6-3-7-16-29)38-25-28-23-24-33-31-18-9-11-22-39(31)44-41(33)35(28)26-34(38)27-13-4-2-5-14-27/h2-26H,1H3. The second-order valence-corrected chi connectivity index (χ2v) is 12.5. The second kappa shape index (κ2) is 9.84. The summed E-state index contributed by atoms with van der Waals surface area (Å²) in [5.74, 6) is 0. The number of hydrogen-bond acceptors (Lipinski definition) is 2. The van der Waals surface area contributed by atoms with Crippen molar-refractivity contribution >= 4 is 75.5 Å². The molecule has 2 aromatic heterocycles. The van der Waals surface area contributed by atoms with E-state index in [1.54, 1.807) is 0 Å². The predicted octanol–water partition coefficient (Wildman–Crippen LogP) is 11.7. The molecule has 7 aromatic carbocycles. The van der Waals surface area contributed by atoms with Crippen molar-refractivity contribution in [1.29, 1.82) is 0 Å². The zero-order chi connectivity index (χ0) is 29.2. The van der Waals surface area contributed by atoms with Gasteiger partial charge in [0.05, 0.1) is 16.7 Å². The van der Waals surface area contributed by atoms with E-state index >= 15 is 0 Å². The fourth-order valence-corrected chi connectivity index (χ4v) is 8.14. The van der Waals surface area contributed by atoms with Gasteiger partial charge in [-0.15, -0.1) is 11.3 Å². The van der Waals surface area contributed by atoms with Crippen LogP contribution in [0.3, 0.4) is 0 Å². The van der Waals surface area contributed by atoms with Crippen molar-refractivity contribution in [2.75, 3.05) is 11.9 Å². The highest BCUT2D eigenvalue weighted by Gasteiger charge is 2.21. The molecule has 208 valence electrons. The molecule has 0 amide bonds. The summed E-state index contributed by atoms with van der Waals surface area (Å²) in [6.07, 6.45) is 0. The molecule has 0 spiro atoms. The highest BCUT2D eigenvalue weighted by molar-refractivity contribution is 7.26. The molecule has 0 aliphatic rings. The van der Waals surface area contributed by atoms with E-state index in [2.05, 4.69) is 168 Å². The normalized spacial score (nSPS) is 11.8. The third-order valence-corrected chi connectivity index (χ3v) is 10.2. The Morgan fingerprint density at radius 1 is 0.523 bits per heavy atom.